The summed E-state index contributed by atoms with van der Waals surface area (Å²) in [5.74, 6) is 0.889. The van der Waals surface area contributed by atoms with E-state index in [1.807, 2.05) is 61.5 Å². The highest BCUT2D eigenvalue weighted by Gasteiger charge is 2.26. The summed E-state index contributed by atoms with van der Waals surface area (Å²) in [7, 11) is -3.74. The van der Waals surface area contributed by atoms with Gasteiger partial charge in [0, 0.05) is 31.9 Å². The third-order valence-corrected chi connectivity index (χ3v) is 7.69. The van der Waals surface area contributed by atoms with Gasteiger partial charge in [-0.1, -0.05) is 54.1 Å². The Morgan fingerprint density at radius 2 is 1.86 bits per heavy atom. The molecule has 35 heavy (non-hydrogen) atoms. The fraction of sp³-hybridized carbons (Fsp3) is 0.308. The SMILES string of the molecule is Cc1ccc(S(=O)(=O)NCC(NC(=O)NC2CCN(c3ccccn3)C2)c2ccccc2)c(C)c1. The second-order valence-electron chi connectivity index (χ2n) is 8.82. The number of carbonyl (C=O) groups is 1. The normalized spacial score (nSPS) is 16.6. The predicted octanol–water partition coefficient (Wildman–Crippen LogP) is 3.30. The Kier molecular flexibility index (Phi) is 7.67. The average molecular weight is 494 g/mol. The fourth-order valence-electron chi connectivity index (χ4n) is 4.32. The minimum absolute atomic E-state index is 0.0256. The number of nitrogens with zero attached hydrogens (tertiary/aromatic N) is 2. The standard InChI is InChI=1S/C26H31N5O3S/c1-19-11-12-24(20(2)16-19)35(33,34)28-17-23(21-8-4-3-5-9-21)30-26(32)29-22-13-15-31(18-22)25-10-6-7-14-27-25/h3-12,14,16,22-23,28H,13,15,17-18H2,1-2H3,(H2,29,30,32). The Balaban J connectivity index is 1.40. The smallest absolute Gasteiger partial charge is 0.315 e. The van der Waals surface area contributed by atoms with Crippen LogP contribution in [0, 0.1) is 13.8 Å². The van der Waals surface area contributed by atoms with E-state index in [4.69, 9.17) is 0 Å². The molecule has 4 rings (SSSR count). The van der Waals surface area contributed by atoms with Crippen LogP contribution in [0.5, 0.6) is 0 Å². The van der Waals surface area contributed by atoms with Crippen LogP contribution in [0.4, 0.5) is 10.6 Å². The number of pyridine rings is 1. The molecule has 2 aromatic carbocycles. The van der Waals surface area contributed by atoms with Gasteiger partial charge in [-0.2, -0.15) is 0 Å². The number of urea groups is 1. The molecule has 2 atom stereocenters. The largest absolute Gasteiger partial charge is 0.354 e. The minimum atomic E-state index is -3.74. The van der Waals surface area contributed by atoms with E-state index in [2.05, 4.69) is 25.2 Å². The summed E-state index contributed by atoms with van der Waals surface area (Å²) in [5.41, 5.74) is 2.49. The van der Waals surface area contributed by atoms with Crippen molar-refractivity contribution in [2.75, 3.05) is 24.5 Å². The highest BCUT2D eigenvalue weighted by atomic mass is 32.2. The van der Waals surface area contributed by atoms with Gasteiger partial charge in [-0.3, -0.25) is 0 Å². The van der Waals surface area contributed by atoms with E-state index in [0.717, 1.165) is 29.9 Å². The molecule has 1 aliphatic rings. The first kappa shape index (κ1) is 24.7. The Labute approximate surface area is 206 Å². The number of aryl methyl sites for hydroxylation is 2. The number of aromatic nitrogens is 1. The number of benzene rings is 2. The van der Waals surface area contributed by atoms with Crippen LogP contribution >= 0.6 is 0 Å². The van der Waals surface area contributed by atoms with Gasteiger partial charge in [0.25, 0.3) is 0 Å². The molecule has 9 heteroatoms. The zero-order valence-electron chi connectivity index (χ0n) is 19.9. The monoisotopic (exact) mass is 493 g/mol. The molecule has 2 amide bonds. The van der Waals surface area contributed by atoms with Crippen molar-refractivity contribution in [1.82, 2.24) is 20.3 Å². The summed E-state index contributed by atoms with van der Waals surface area (Å²) in [6.45, 7) is 5.19. The number of hydrogen-bond donors (Lipinski definition) is 3. The van der Waals surface area contributed by atoms with Crippen LogP contribution in [0.25, 0.3) is 0 Å². The lowest BCUT2D eigenvalue weighted by Gasteiger charge is -2.22. The summed E-state index contributed by atoms with van der Waals surface area (Å²) in [4.78, 5) is 19.6. The number of anilines is 1. The summed E-state index contributed by atoms with van der Waals surface area (Å²) >= 11 is 0. The number of amides is 2. The molecule has 0 radical (unpaired) electrons. The van der Waals surface area contributed by atoms with Crippen LogP contribution in [0.2, 0.25) is 0 Å². The van der Waals surface area contributed by atoms with Crippen LogP contribution in [0.1, 0.15) is 29.2 Å². The third-order valence-electron chi connectivity index (χ3n) is 6.10. The molecular formula is C26H31N5O3S. The quantitative estimate of drug-likeness (QED) is 0.447. The van der Waals surface area contributed by atoms with E-state index in [1.54, 1.807) is 25.3 Å². The number of nitrogens with one attached hydrogen (secondary N) is 3. The predicted molar refractivity (Wildman–Crippen MR) is 137 cm³/mol. The van der Waals surface area contributed by atoms with E-state index in [9.17, 15) is 13.2 Å². The maximum Gasteiger partial charge on any atom is 0.315 e. The Bertz CT molecular complexity index is 1250. The molecule has 1 saturated heterocycles. The second kappa shape index (κ2) is 10.9. The molecule has 3 aromatic rings. The van der Waals surface area contributed by atoms with E-state index >= 15 is 0 Å². The van der Waals surface area contributed by atoms with Gasteiger partial charge in [-0.05, 0) is 49.6 Å². The molecule has 3 N–H and O–H groups in total. The van der Waals surface area contributed by atoms with Crippen LogP contribution < -0.4 is 20.3 Å². The maximum absolute atomic E-state index is 13.0. The van der Waals surface area contributed by atoms with Crippen molar-refractivity contribution < 1.29 is 13.2 Å². The Morgan fingerprint density at radius 1 is 1.09 bits per heavy atom. The Morgan fingerprint density at radius 3 is 2.57 bits per heavy atom. The number of rotatable bonds is 8. The van der Waals surface area contributed by atoms with Crippen molar-refractivity contribution in [2.45, 2.75) is 37.2 Å². The number of sulfonamides is 1. The molecular weight excluding hydrogens is 462 g/mol. The fourth-order valence-corrected chi connectivity index (χ4v) is 5.59. The first-order valence-electron chi connectivity index (χ1n) is 11.7. The summed E-state index contributed by atoms with van der Waals surface area (Å²) in [6, 6.07) is 19.4. The van der Waals surface area contributed by atoms with Gasteiger partial charge in [0.2, 0.25) is 10.0 Å². The van der Waals surface area contributed by atoms with Crippen molar-refractivity contribution in [3.63, 3.8) is 0 Å². The summed E-state index contributed by atoms with van der Waals surface area (Å²) < 4.78 is 28.6. The Hall–Kier alpha value is -3.43. The van der Waals surface area contributed by atoms with Gasteiger partial charge in [0.15, 0.2) is 0 Å². The van der Waals surface area contributed by atoms with Gasteiger partial charge < -0.3 is 15.5 Å². The molecule has 8 nitrogen and oxygen atoms in total. The van der Waals surface area contributed by atoms with E-state index < -0.39 is 16.1 Å². The maximum atomic E-state index is 13.0. The highest BCUT2D eigenvalue weighted by Crippen LogP contribution is 2.19. The van der Waals surface area contributed by atoms with Crippen molar-refractivity contribution in [2.24, 2.45) is 0 Å². The lowest BCUT2D eigenvalue weighted by atomic mass is 10.1. The topological polar surface area (TPSA) is 103 Å². The minimum Gasteiger partial charge on any atom is -0.354 e. The molecule has 2 heterocycles. The van der Waals surface area contributed by atoms with Gasteiger partial charge >= 0.3 is 6.03 Å². The zero-order valence-corrected chi connectivity index (χ0v) is 20.8. The number of hydrogen-bond acceptors (Lipinski definition) is 5. The van der Waals surface area contributed by atoms with E-state index in [0.29, 0.717) is 12.1 Å². The van der Waals surface area contributed by atoms with Gasteiger partial charge in [0.05, 0.1) is 10.9 Å². The van der Waals surface area contributed by atoms with Crippen LogP contribution in [0.15, 0.2) is 77.8 Å². The molecule has 1 fully saturated rings. The molecule has 1 aliphatic heterocycles. The van der Waals surface area contributed by atoms with E-state index in [1.165, 1.54) is 0 Å². The van der Waals surface area contributed by atoms with Crippen LogP contribution in [-0.4, -0.2) is 45.1 Å². The van der Waals surface area contributed by atoms with Crippen molar-refractivity contribution in [1.29, 1.82) is 0 Å². The molecule has 0 spiro atoms. The lowest BCUT2D eigenvalue weighted by molar-refractivity contribution is 0.234. The average Bonchev–Trinajstić information content (AvgIpc) is 3.31. The van der Waals surface area contributed by atoms with Crippen molar-refractivity contribution in [3.05, 3.63) is 89.6 Å². The molecule has 0 saturated carbocycles. The first-order valence-corrected chi connectivity index (χ1v) is 13.1. The second-order valence-corrected chi connectivity index (χ2v) is 10.6. The molecule has 0 aliphatic carbocycles. The molecule has 184 valence electrons. The summed E-state index contributed by atoms with van der Waals surface area (Å²) in [6.07, 6.45) is 2.56. The van der Waals surface area contributed by atoms with Crippen LogP contribution in [0.3, 0.4) is 0 Å². The van der Waals surface area contributed by atoms with E-state index in [-0.39, 0.29) is 23.5 Å². The van der Waals surface area contributed by atoms with Gasteiger partial charge in [-0.15, -0.1) is 0 Å². The zero-order chi connectivity index (χ0) is 24.8. The molecule has 2 unspecified atom stereocenters. The molecule has 0 bridgehead atoms. The van der Waals surface area contributed by atoms with Crippen molar-refractivity contribution in [3.8, 4) is 0 Å². The molecule has 1 aromatic heterocycles. The third kappa shape index (κ3) is 6.37. The van der Waals surface area contributed by atoms with Crippen LogP contribution in [-0.2, 0) is 10.0 Å². The first-order chi connectivity index (χ1) is 16.8. The van der Waals surface area contributed by atoms with Gasteiger partial charge in [-0.25, -0.2) is 22.9 Å². The highest BCUT2D eigenvalue weighted by molar-refractivity contribution is 7.89. The van der Waals surface area contributed by atoms with Crippen molar-refractivity contribution >= 4 is 21.9 Å². The van der Waals surface area contributed by atoms with Gasteiger partial charge in [0.1, 0.15) is 5.82 Å². The number of carbonyl (C=O) groups excluding carboxylic acids is 1. The summed E-state index contributed by atoms with van der Waals surface area (Å²) in [5, 5.41) is 5.98. The lowest BCUT2D eigenvalue weighted by Crippen LogP contribution is -2.47.